The van der Waals surface area contributed by atoms with E-state index in [1.807, 2.05) is 14.9 Å². The maximum absolute atomic E-state index is 15.4. The number of rotatable bonds is 6. The number of hydrogen-bond donors (Lipinski definition) is 2. The van der Waals surface area contributed by atoms with Crippen LogP contribution in [0.4, 0.5) is 39.8 Å². The molecule has 2 aromatic carbocycles. The summed E-state index contributed by atoms with van der Waals surface area (Å²) < 4.78 is 54.1. The van der Waals surface area contributed by atoms with Crippen LogP contribution in [0.25, 0.3) is 10.9 Å². The van der Waals surface area contributed by atoms with Gasteiger partial charge in [0.05, 0.1) is 61.7 Å². The van der Waals surface area contributed by atoms with Gasteiger partial charge in [-0.2, -0.15) is 8.78 Å². The molecule has 0 spiro atoms. The van der Waals surface area contributed by atoms with Crippen LogP contribution in [-0.4, -0.2) is 97.3 Å². The fourth-order valence-corrected chi connectivity index (χ4v) is 5.66. The second kappa shape index (κ2) is 12.1. The number of benzene rings is 2. The molecule has 2 N–H and O–H groups in total. The van der Waals surface area contributed by atoms with Crippen molar-refractivity contribution in [1.29, 1.82) is 0 Å². The van der Waals surface area contributed by atoms with Gasteiger partial charge in [0.25, 0.3) is 11.5 Å². The number of carbonyl (C=O) groups is 3. The van der Waals surface area contributed by atoms with Crippen LogP contribution in [0.2, 0.25) is 0 Å². The standard InChI is InChI=1S/C28H30F3N7O6/c29-21-14-18(36-16-19(44-28(36)42)15-32-25(39)24(30)31)2-4-23(21)34-5-7-37-22-3-1-17(13-20(22)26(40)38(37)8-6-34)33-27(41)35-9-11-43-12-10-35/h1-4,13-14,19,24H,5-12,15-16H2,(H,32,39)(H,33,41)/t19-/m0/s1. The average molecular weight is 618 g/mol. The van der Waals surface area contributed by atoms with Crippen LogP contribution < -0.4 is 26.0 Å². The third-order valence-electron chi connectivity index (χ3n) is 7.90. The van der Waals surface area contributed by atoms with Gasteiger partial charge in [-0.15, -0.1) is 0 Å². The van der Waals surface area contributed by atoms with Crippen LogP contribution >= 0.6 is 0 Å². The summed E-state index contributed by atoms with van der Waals surface area (Å²) in [5, 5.41) is 5.33. The molecule has 0 radical (unpaired) electrons. The third-order valence-corrected chi connectivity index (χ3v) is 7.90. The van der Waals surface area contributed by atoms with E-state index in [0.717, 1.165) is 0 Å². The minimum Gasteiger partial charge on any atom is -0.442 e. The Morgan fingerprint density at radius 1 is 0.955 bits per heavy atom. The summed E-state index contributed by atoms with van der Waals surface area (Å²) in [4.78, 5) is 54.0. The minimum absolute atomic E-state index is 0.0467. The molecule has 3 aromatic rings. The van der Waals surface area contributed by atoms with Gasteiger partial charge in [-0.1, -0.05) is 0 Å². The summed E-state index contributed by atoms with van der Waals surface area (Å²) in [6.45, 7) is 3.02. The number of morpholine rings is 1. The van der Waals surface area contributed by atoms with E-state index in [4.69, 9.17) is 9.47 Å². The summed E-state index contributed by atoms with van der Waals surface area (Å²) in [5.74, 6) is -2.05. The highest BCUT2D eigenvalue weighted by atomic mass is 19.3. The number of fused-ring (bicyclic) bond motifs is 3. The SMILES string of the molecule is O=C(NC[C@H]1CN(c2ccc(N3CCn4c(=O)c5cc(NC(=O)N6CCOCC6)ccc5n4CC3)c(F)c2)C(=O)O1)C(F)F. The smallest absolute Gasteiger partial charge is 0.414 e. The molecule has 0 unspecified atom stereocenters. The molecule has 0 aliphatic carbocycles. The highest BCUT2D eigenvalue weighted by molar-refractivity contribution is 5.93. The summed E-state index contributed by atoms with van der Waals surface area (Å²) in [5.41, 5.74) is 1.51. The van der Waals surface area contributed by atoms with Gasteiger partial charge < -0.3 is 29.9 Å². The molecule has 3 aliphatic heterocycles. The Hall–Kier alpha value is -4.73. The van der Waals surface area contributed by atoms with Crippen molar-refractivity contribution in [3.05, 3.63) is 52.6 Å². The summed E-state index contributed by atoms with van der Waals surface area (Å²) in [6.07, 6.45) is -4.83. The zero-order chi connectivity index (χ0) is 31.0. The van der Waals surface area contributed by atoms with Crippen LogP contribution in [0, 0.1) is 5.82 Å². The van der Waals surface area contributed by atoms with Gasteiger partial charge in [0, 0.05) is 31.9 Å². The number of amides is 4. The molecule has 16 heteroatoms. The molecule has 2 saturated heterocycles. The van der Waals surface area contributed by atoms with Crippen LogP contribution in [-0.2, 0) is 27.4 Å². The first-order valence-corrected chi connectivity index (χ1v) is 14.1. The van der Waals surface area contributed by atoms with E-state index in [1.54, 1.807) is 33.8 Å². The number of ether oxygens (including phenoxy) is 2. The van der Waals surface area contributed by atoms with Crippen LogP contribution in [0.15, 0.2) is 41.2 Å². The maximum atomic E-state index is 15.4. The van der Waals surface area contributed by atoms with Crippen molar-refractivity contribution in [3.8, 4) is 0 Å². The number of aromatic nitrogens is 2. The largest absolute Gasteiger partial charge is 0.442 e. The lowest BCUT2D eigenvalue weighted by molar-refractivity contribution is -0.132. The van der Waals surface area contributed by atoms with Crippen LogP contribution in [0.5, 0.6) is 0 Å². The molecule has 4 heterocycles. The Labute approximate surface area is 248 Å². The van der Waals surface area contributed by atoms with E-state index in [9.17, 15) is 28.0 Å². The summed E-state index contributed by atoms with van der Waals surface area (Å²) in [6, 6.07) is 9.23. The number of nitrogens with zero attached hydrogens (tertiary/aromatic N) is 5. The monoisotopic (exact) mass is 617 g/mol. The van der Waals surface area contributed by atoms with E-state index < -0.39 is 30.3 Å². The Morgan fingerprint density at radius 2 is 1.70 bits per heavy atom. The number of hydrogen-bond acceptors (Lipinski definition) is 7. The molecule has 2 fully saturated rings. The van der Waals surface area contributed by atoms with Gasteiger partial charge in [0.1, 0.15) is 11.9 Å². The minimum atomic E-state index is -3.18. The number of nitrogens with one attached hydrogen (secondary N) is 2. The lowest BCUT2D eigenvalue weighted by Crippen LogP contribution is -2.43. The highest BCUT2D eigenvalue weighted by Gasteiger charge is 2.34. The van der Waals surface area contributed by atoms with E-state index in [1.165, 1.54) is 17.0 Å². The second-order valence-corrected chi connectivity index (χ2v) is 10.6. The maximum Gasteiger partial charge on any atom is 0.414 e. The van der Waals surface area contributed by atoms with Crippen LogP contribution in [0.1, 0.15) is 0 Å². The number of alkyl halides is 2. The van der Waals surface area contributed by atoms with E-state index in [0.29, 0.717) is 68.2 Å². The van der Waals surface area contributed by atoms with E-state index in [-0.39, 0.29) is 36.9 Å². The molecule has 0 bridgehead atoms. The fraction of sp³-hybridized carbons (Fsp3) is 0.429. The molecular weight excluding hydrogens is 587 g/mol. The number of carbonyl (C=O) groups excluding carboxylic acids is 3. The van der Waals surface area contributed by atoms with Crippen molar-refractivity contribution in [2.45, 2.75) is 25.6 Å². The van der Waals surface area contributed by atoms with E-state index >= 15 is 4.39 Å². The van der Waals surface area contributed by atoms with Gasteiger partial charge in [0.2, 0.25) is 0 Å². The first kappa shape index (κ1) is 29.3. The molecule has 1 atom stereocenters. The molecule has 3 aliphatic rings. The molecule has 1 aromatic heterocycles. The number of cyclic esters (lactones) is 1. The first-order chi connectivity index (χ1) is 21.2. The Bertz CT molecular complexity index is 1650. The Kier molecular flexibility index (Phi) is 8.07. The van der Waals surface area contributed by atoms with Gasteiger partial charge in [-0.25, -0.2) is 18.7 Å². The number of halogens is 3. The van der Waals surface area contributed by atoms with Crippen molar-refractivity contribution >= 4 is 46.0 Å². The first-order valence-electron chi connectivity index (χ1n) is 14.1. The highest BCUT2D eigenvalue weighted by Crippen LogP contribution is 2.29. The molecule has 6 rings (SSSR count). The number of anilines is 3. The third kappa shape index (κ3) is 5.76. The topological polar surface area (TPSA) is 130 Å². The predicted octanol–water partition coefficient (Wildman–Crippen LogP) is 2.03. The van der Waals surface area contributed by atoms with Crippen molar-refractivity contribution in [2.24, 2.45) is 0 Å². The van der Waals surface area contributed by atoms with Crippen molar-refractivity contribution < 1.29 is 37.0 Å². The summed E-state index contributed by atoms with van der Waals surface area (Å²) >= 11 is 0. The van der Waals surface area contributed by atoms with Gasteiger partial charge >= 0.3 is 18.5 Å². The zero-order valence-corrected chi connectivity index (χ0v) is 23.5. The molecule has 0 saturated carbocycles. The molecule has 234 valence electrons. The van der Waals surface area contributed by atoms with Crippen molar-refractivity contribution in [1.82, 2.24) is 19.6 Å². The summed E-state index contributed by atoms with van der Waals surface area (Å²) in [7, 11) is 0. The zero-order valence-electron chi connectivity index (χ0n) is 23.5. The normalized spacial score (nSPS) is 18.8. The van der Waals surface area contributed by atoms with Gasteiger partial charge in [0.15, 0.2) is 0 Å². The second-order valence-electron chi connectivity index (χ2n) is 10.6. The van der Waals surface area contributed by atoms with Gasteiger partial charge in [-0.05, 0) is 36.4 Å². The van der Waals surface area contributed by atoms with Gasteiger partial charge in [-0.3, -0.25) is 19.2 Å². The fourth-order valence-electron chi connectivity index (χ4n) is 5.66. The van der Waals surface area contributed by atoms with Crippen molar-refractivity contribution in [3.63, 3.8) is 0 Å². The Morgan fingerprint density at radius 3 is 2.43 bits per heavy atom. The Balaban J connectivity index is 1.12. The van der Waals surface area contributed by atoms with E-state index in [2.05, 4.69) is 5.32 Å². The van der Waals surface area contributed by atoms with Crippen molar-refractivity contribution in [2.75, 3.05) is 67.6 Å². The lowest BCUT2D eigenvalue weighted by atomic mass is 10.2. The lowest BCUT2D eigenvalue weighted by Gasteiger charge is -2.26. The predicted molar refractivity (Wildman–Crippen MR) is 153 cm³/mol. The molecule has 44 heavy (non-hydrogen) atoms. The molecular formula is C28H30F3N7O6. The van der Waals surface area contributed by atoms with Crippen LogP contribution in [0.3, 0.4) is 0 Å². The molecule has 13 nitrogen and oxygen atoms in total. The quantitative estimate of drug-likeness (QED) is 0.433. The molecule has 4 amide bonds. The number of urea groups is 1. The average Bonchev–Trinajstić information content (AvgIpc) is 3.42.